The van der Waals surface area contributed by atoms with E-state index in [0.717, 1.165) is 29.2 Å². The van der Waals surface area contributed by atoms with Gasteiger partial charge in [-0.3, -0.25) is 4.68 Å². The highest BCUT2D eigenvalue weighted by Crippen LogP contribution is 2.28. The highest BCUT2D eigenvalue weighted by atomic mass is 16.3. The standard InChI is InChI=1S/C10H15N3O/c1-4-13-8-5-6(2)10(14)11-9(8)7(3)12-13/h5,10-11,14H,4H2,1-3H3. The molecule has 0 fully saturated rings. The Bertz CT molecular complexity index is 392. The SMILES string of the molecule is CCn1nc(C)c2c1C=C(C)C(O)N2. The largest absolute Gasteiger partial charge is 0.370 e. The van der Waals surface area contributed by atoms with E-state index in [1.807, 2.05) is 24.6 Å². The third-order valence-corrected chi connectivity index (χ3v) is 2.54. The van der Waals surface area contributed by atoms with Crippen LogP contribution in [0.3, 0.4) is 0 Å². The van der Waals surface area contributed by atoms with Crippen LogP contribution in [0, 0.1) is 6.92 Å². The maximum absolute atomic E-state index is 9.61. The van der Waals surface area contributed by atoms with Crippen LogP contribution in [0.1, 0.15) is 25.2 Å². The van der Waals surface area contributed by atoms with Gasteiger partial charge in [-0.1, -0.05) is 0 Å². The predicted molar refractivity (Wildman–Crippen MR) is 55.9 cm³/mol. The molecule has 1 aromatic heterocycles. The quantitative estimate of drug-likeness (QED) is 0.708. The molecule has 4 heteroatoms. The molecule has 2 N–H and O–H groups in total. The van der Waals surface area contributed by atoms with Crippen LogP contribution in [0.5, 0.6) is 0 Å². The van der Waals surface area contributed by atoms with E-state index in [4.69, 9.17) is 0 Å². The molecule has 2 heterocycles. The minimum Gasteiger partial charge on any atom is -0.370 e. The predicted octanol–water partition coefficient (Wildman–Crippen LogP) is 1.36. The van der Waals surface area contributed by atoms with Crippen molar-refractivity contribution in [3.63, 3.8) is 0 Å². The van der Waals surface area contributed by atoms with Crippen LogP contribution >= 0.6 is 0 Å². The number of hydrogen-bond donors (Lipinski definition) is 2. The van der Waals surface area contributed by atoms with Crippen LogP contribution in [0.25, 0.3) is 6.08 Å². The third-order valence-electron chi connectivity index (χ3n) is 2.54. The molecule has 0 amide bonds. The number of aliphatic hydroxyl groups is 1. The number of fused-ring (bicyclic) bond motifs is 1. The Hall–Kier alpha value is -1.29. The van der Waals surface area contributed by atoms with Crippen molar-refractivity contribution in [1.29, 1.82) is 0 Å². The lowest BCUT2D eigenvalue weighted by molar-refractivity contribution is 0.239. The summed E-state index contributed by atoms with van der Waals surface area (Å²) in [5, 5.41) is 17.0. The second-order valence-corrected chi connectivity index (χ2v) is 3.60. The van der Waals surface area contributed by atoms with Gasteiger partial charge in [-0.25, -0.2) is 0 Å². The average molecular weight is 193 g/mol. The van der Waals surface area contributed by atoms with Crippen molar-refractivity contribution in [2.24, 2.45) is 0 Å². The number of aliphatic hydroxyl groups excluding tert-OH is 1. The summed E-state index contributed by atoms with van der Waals surface area (Å²) < 4.78 is 1.94. The van der Waals surface area contributed by atoms with Crippen LogP contribution in [0.4, 0.5) is 5.69 Å². The van der Waals surface area contributed by atoms with E-state index >= 15 is 0 Å². The molecule has 0 bridgehead atoms. The normalized spacial score (nSPS) is 20.0. The first-order valence-corrected chi connectivity index (χ1v) is 4.83. The van der Waals surface area contributed by atoms with E-state index in [-0.39, 0.29) is 0 Å². The number of anilines is 1. The Kier molecular flexibility index (Phi) is 2.07. The summed E-state index contributed by atoms with van der Waals surface area (Å²) in [5.74, 6) is 0. The van der Waals surface area contributed by atoms with E-state index in [1.54, 1.807) is 0 Å². The number of aryl methyl sites for hydroxylation is 2. The van der Waals surface area contributed by atoms with Gasteiger partial charge in [0.2, 0.25) is 0 Å². The van der Waals surface area contributed by atoms with Gasteiger partial charge in [-0.15, -0.1) is 0 Å². The zero-order valence-electron chi connectivity index (χ0n) is 8.70. The minimum absolute atomic E-state index is 0.573. The molecule has 1 aliphatic heterocycles. The van der Waals surface area contributed by atoms with Gasteiger partial charge >= 0.3 is 0 Å². The molecular weight excluding hydrogens is 178 g/mol. The molecular formula is C10H15N3O. The Morgan fingerprint density at radius 3 is 2.93 bits per heavy atom. The van der Waals surface area contributed by atoms with Crippen LogP contribution in [0.2, 0.25) is 0 Å². The number of nitrogens with zero attached hydrogens (tertiary/aromatic N) is 2. The van der Waals surface area contributed by atoms with Gasteiger partial charge in [0.25, 0.3) is 0 Å². The zero-order chi connectivity index (χ0) is 10.3. The van der Waals surface area contributed by atoms with Gasteiger partial charge in [-0.2, -0.15) is 5.10 Å². The van der Waals surface area contributed by atoms with Crippen LogP contribution in [-0.4, -0.2) is 21.1 Å². The molecule has 1 aromatic rings. The number of hydrogen-bond acceptors (Lipinski definition) is 3. The topological polar surface area (TPSA) is 50.1 Å². The van der Waals surface area contributed by atoms with Crippen LogP contribution in [-0.2, 0) is 6.54 Å². The average Bonchev–Trinajstić information content (AvgIpc) is 2.45. The molecule has 0 saturated carbocycles. The van der Waals surface area contributed by atoms with Crippen molar-refractivity contribution >= 4 is 11.8 Å². The molecule has 0 aliphatic carbocycles. The Labute approximate surface area is 83.2 Å². The smallest absolute Gasteiger partial charge is 0.146 e. The third kappa shape index (κ3) is 1.23. The highest BCUT2D eigenvalue weighted by molar-refractivity contribution is 5.72. The monoisotopic (exact) mass is 193 g/mol. The summed E-state index contributed by atoms with van der Waals surface area (Å²) in [6.45, 7) is 6.75. The number of nitrogens with one attached hydrogen (secondary N) is 1. The molecule has 0 spiro atoms. The molecule has 2 rings (SSSR count). The van der Waals surface area contributed by atoms with Crippen molar-refractivity contribution < 1.29 is 5.11 Å². The molecule has 76 valence electrons. The minimum atomic E-state index is -0.573. The summed E-state index contributed by atoms with van der Waals surface area (Å²) >= 11 is 0. The molecule has 1 aliphatic rings. The van der Waals surface area contributed by atoms with E-state index in [9.17, 15) is 5.11 Å². The molecule has 0 aromatic carbocycles. The van der Waals surface area contributed by atoms with Gasteiger partial charge < -0.3 is 10.4 Å². The van der Waals surface area contributed by atoms with Gasteiger partial charge in [0.1, 0.15) is 6.23 Å². The van der Waals surface area contributed by atoms with E-state index in [0.29, 0.717) is 0 Å². The van der Waals surface area contributed by atoms with E-state index in [2.05, 4.69) is 17.3 Å². The van der Waals surface area contributed by atoms with Gasteiger partial charge in [0.15, 0.2) is 0 Å². The fourth-order valence-corrected chi connectivity index (χ4v) is 1.71. The Balaban J connectivity index is 2.55. The molecule has 14 heavy (non-hydrogen) atoms. The lowest BCUT2D eigenvalue weighted by atomic mass is 10.1. The van der Waals surface area contributed by atoms with E-state index in [1.165, 1.54) is 0 Å². The summed E-state index contributed by atoms with van der Waals surface area (Å²) in [4.78, 5) is 0. The Morgan fingerprint density at radius 1 is 1.57 bits per heavy atom. The zero-order valence-corrected chi connectivity index (χ0v) is 8.70. The van der Waals surface area contributed by atoms with Crippen molar-refractivity contribution in [2.75, 3.05) is 5.32 Å². The van der Waals surface area contributed by atoms with Gasteiger partial charge in [0.05, 0.1) is 17.1 Å². The second kappa shape index (κ2) is 3.13. The van der Waals surface area contributed by atoms with Crippen molar-refractivity contribution in [3.8, 4) is 0 Å². The fraction of sp³-hybridized carbons (Fsp3) is 0.500. The Morgan fingerprint density at radius 2 is 2.29 bits per heavy atom. The highest BCUT2D eigenvalue weighted by Gasteiger charge is 2.21. The van der Waals surface area contributed by atoms with Crippen molar-refractivity contribution in [2.45, 2.75) is 33.5 Å². The summed E-state index contributed by atoms with van der Waals surface area (Å²) in [6.07, 6.45) is 1.41. The van der Waals surface area contributed by atoms with Crippen molar-refractivity contribution in [3.05, 3.63) is 17.0 Å². The molecule has 0 saturated heterocycles. The van der Waals surface area contributed by atoms with Crippen LogP contribution < -0.4 is 5.32 Å². The molecule has 0 radical (unpaired) electrons. The number of rotatable bonds is 1. The summed E-state index contributed by atoms with van der Waals surface area (Å²) in [7, 11) is 0. The first kappa shape index (κ1) is 9.27. The molecule has 4 nitrogen and oxygen atoms in total. The second-order valence-electron chi connectivity index (χ2n) is 3.60. The summed E-state index contributed by atoms with van der Waals surface area (Å²) in [5.41, 5.74) is 3.87. The van der Waals surface area contributed by atoms with Gasteiger partial charge in [-0.05, 0) is 32.4 Å². The lowest BCUT2D eigenvalue weighted by Gasteiger charge is -2.20. The molecule has 1 unspecified atom stereocenters. The maximum atomic E-state index is 9.61. The van der Waals surface area contributed by atoms with Crippen LogP contribution in [0.15, 0.2) is 5.57 Å². The molecule has 1 atom stereocenters. The van der Waals surface area contributed by atoms with E-state index < -0.39 is 6.23 Å². The maximum Gasteiger partial charge on any atom is 0.146 e. The lowest BCUT2D eigenvalue weighted by Crippen LogP contribution is -2.23. The first-order valence-electron chi connectivity index (χ1n) is 4.83. The van der Waals surface area contributed by atoms with Gasteiger partial charge in [0, 0.05) is 6.54 Å². The summed E-state index contributed by atoms with van der Waals surface area (Å²) in [6, 6.07) is 0. The first-order chi connectivity index (χ1) is 6.63. The number of aromatic nitrogens is 2. The van der Waals surface area contributed by atoms with Crippen molar-refractivity contribution in [1.82, 2.24) is 9.78 Å². The fourth-order valence-electron chi connectivity index (χ4n) is 1.71.